The number of nitriles is 1. The maximum absolute atomic E-state index is 14.5. The molecule has 2 aliphatic heterocycles. The third-order valence-electron chi connectivity index (χ3n) is 8.41. The van der Waals surface area contributed by atoms with Crippen LogP contribution in [0.2, 0.25) is 5.02 Å². The second-order valence-corrected chi connectivity index (χ2v) is 11.3. The SMILES string of the molecule is C=C(F)C(=O)N1CCN(c2nc(OCCN(CC)CC)nc3c2CCN(c2cccc4ccc(F)c(Cl)c24)C3)C[C@@H]1CC#N. The molecule has 0 saturated carbocycles. The molecular formula is C32H36ClF2N7O2. The first-order valence-corrected chi connectivity index (χ1v) is 15.3. The van der Waals surface area contributed by atoms with Crippen LogP contribution < -0.4 is 14.5 Å². The molecule has 5 rings (SSSR count). The van der Waals surface area contributed by atoms with E-state index < -0.39 is 23.6 Å². The molecule has 0 spiro atoms. The molecule has 232 valence electrons. The molecule has 0 bridgehead atoms. The van der Waals surface area contributed by atoms with Gasteiger partial charge in [0, 0.05) is 49.4 Å². The van der Waals surface area contributed by atoms with Crippen molar-refractivity contribution in [3.63, 3.8) is 0 Å². The van der Waals surface area contributed by atoms with Gasteiger partial charge in [-0.2, -0.15) is 15.2 Å². The average molecular weight is 624 g/mol. The molecule has 44 heavy (non-hydrogen) atoms. The fourth-order valence-corrected chi connectivity index (χ4v) is 6.30. The number of halogens is 3. The second-order valence-electron chi connectivity index (χ2n) is 10.9. The van der Waals surface area contributed by atoms with Gasteiger partial charge < -0.3 is 24.3 Å². The Balaban J connectivity index is 1.49. The van der Waals surface area contributed by atoms with Gasteiger partial charge in [0.05, 0.1) is 35.8 Å². The van der Waals surface area contributed by atoms with Gasteiger partial charge in [-0.25, -0.2) is 8.78 Å². The van der Waals surface area contributed by atoms with Crippen LogP contribution in [0.4, 0.5) is 20.3 Å². The maximum atomic E-state index is 14.5. The molecule has 1 aromatic heterocycles. The Kier molecular flexibility index (Phi) is 9.81. The summed E-state index contributed by atoms with van der Waals surface area (Å²) in [4.78, 5) is 29.9. The van der Waals surface area contributed by atoms with E-state index in [0.717, 1.165) is 35.4 Å². The van der Waals surface area contributed by atoms with E-state index in [9.17, 15) is 18.8 Å². The highest BCUT2D eigenvalue weighted by molar-refractivity contribution is 6.36. The first kappa shape index (κ1) is 31.4. The van der Waals surface area contributed by atoms with Crippen LogP contribution in [-0.2, 0) is 17.8 Å². The Morgan fingerprint density at radius 2 is 1.98 bits per heavy atom. The number of ether oxygens (including phenoxy) is 1. The monoisotopic (exact) mass is 623 g/mol. The van der Waals surface area contributed by atoms with Crippen LogP contribution >= 0.6 is 11.6 Å². The highest BCUT2D eigenvalue weighted by Crippen LogP contribution is 2.38. The van der Waals surface area contributed by atoms with Crippen LogP contribution in [0, 0.1) is 17.1 Å². The van der Waals surface area contributed by atoms with Crippen molar-refractivity contribution in [2.45, 2.75) is 39.3 Å². The zero-order valence-electron chi connectivity index (χ0n) is 25.0. The minimum absolute atomic E-state index is 0.0438. The lowest BCUT2D eigenvalue weighted by atomic mass is 10.0. The zero-order chi connectivity index (χ0) is 31.4. The summed E-state index contributed by atoms with van der Waals surface area (Å²) in [7, 11) is 0. The predicted molar refractivity (Wildman–Crippen MR) is 167 cm³/mol. The van der Waals surface area contributed by atoms with Crippen LogP contribution in [0.5, 0.6) is 6.01 Å². The van der Waals surface area contributed by atoms with Crippen molar-refractivity contribution in [1.82, 2.24) is 19.8 Å². The van der Waals surface area contributed by atoms with E-state index in [4.69, 9.17) is 26.3 Å². The number of amides is 1. The van der Waals surface area contributed by atoms with Crippen molar-refractivity contribution in [3.8, 4) is 12.1 Å². The molecule has 1 saturated heterocycles. The van der Waals surface area contributed by atoms with E-state index in [2.05, 4.69) is 36.3 Å². The van der Waals surface area contributed by atoms with Crippen molar-refractivity contribution in [1.29, 1.82) is 5.26 Å². The number of carbonyl (C=O) groups is 1. The van der Waals surface area contributed by atoms with Crippen molar-refractivity contribution in [2.75, 3.05) is 62.2 Å². The highest BCUT2D eigenvalue weighted by Gasteiger charge is 2.35. The van der Waals surface area contributed by atoms with E-state index in [1.54, 1.807) is 6.07 Å². The number of anilines is 2. The summed E-state index contributed by atoms with van der Waals surface area (Å²) in [6.45, 7) is 12.2. The van der Waals surface area contributed by atoms with Crippen LogP contribution in [0.15, 0.2) is 42.7 Å². The Labute approximate surface area is 261 Å². The van der Waals surface area contributed by atoms with Gasteiger partial charge in [-0.15, -0.1) is 0 Å². The number of fused-ring (bicyclic) bond motifs is 2. The zero-order valence-corrected chi connectivity index (χ0v) is 25.8. The summed E-state index contributed by atoms with van der Waals surface area (Å²) >= 11 is 6.46. The van der Waals surface area contributed by atoms with Crippen LogP contribution in [0.25, 0.3) is 10.8 Å². The average Bonchev–Trinajstić information content (AvgIpc) is 3.03. The number of hydrogen-bond donors (Lipinski definition) is 0. The first-order chi connectivity index (χ1) is 21.2. The Morgan fingerprint density at radius 1 is 1.18 bits per heavy atom. The van der Waals surface area contributed by atoms with Gasteiger partial charge in [-0.05, 0) is 37.0 Å². The molecule has 0 unspecified atom stereocenters. The predicted octanol–water partition coefficient (Wildman–Crippen LogP) is 5.12. The lowest BCUT2D eigenvalue weighted by Crippen LogP contribution is -2.55. The number of piperazine rings is 1. The molecule has 2 aliphatic rings. The Morgan fingerprint density at radius 3 is 2.70 bits per heavy atom. The Bertz CT molecular complexity index is 1590. The summed E-state index contributed by atoms with van der Waals surface area (Å²) < 4.78 is 34.4. The fourth-order valence-electron chi connectivity index (χ4n) is 6.03. The first-order valence-electron chi connectivity index (χ1n) is 14.9. The van der Waals surface area contributed by atoms with Gasteiger partial charge in [-0.1, -0.05) is 50.2 Å². The molecule has 0 radical (unpaired) electrons. The quantitative estimate of drug-likeness (QED) is 0.288. The third-order valence-corrected chi connectivity index (χ3v) is 8.78. The number of hydrogen-bond acceptors (Lipinski definition) is 8. The molecule has 2 aromatic carbocycles. The van der Waals surface area contributed by atoms with Crippen molar-refractivity contribution in [3.05, 3.63) is 64.8 Å². The van der Waals surface area contributed by atoms with Gasteiger partial charge >= 0.3 is 6.01 Å². The molecule has 9 nitrogen and oxygen atoms in total. The van der Waals surface area contributed by atoms with Crippen molar-refractivity contribution < 1.29 is 18.3 Å². The number of rotatable bonds is 10. The summed E-state index contributed by atoms with van der Waals surface area (Å²) in [5.41, 5.74) is 2.53. The molecule has 1 fully saturated rings. The molecule has 0 aliphatic carbocycles. The molecule has 12 heteroatoms. The molecule has 3 aromatic rings. The van der Waals surface area contributed by atoms with Crippen LogP contribution in [0.3, 0.4) is 0 Å². The standard InChI is InChI=1S/C32H36ClF2N7O2/c1-4-39(5-2)17-18-44-32-37-26-20-40(27-8-6-7-22-9-10-25(35)29(33)28(22)27)14-12-24(26)30(38-32)41-15-16-42(31(43)21(3)34)23(19-41)11-13-36/h6-10,23H,3-5,11-12,14-20H2,1-2H3/t23-/m0/s1. The second kappa shape index (κ2) is 13.7. The lowest BCUT2D eigenvalue weighted by Gasteiger charge is -2.42. The summed E-state index contributed by atoms with van der Waals surface area (Å²) in [5.74, 6) is -1.63. The highest BCUT2D eigenvalue weighted by atomic mass is 35.5. The fraction of sp³-hybridized carbons (Fsp3) is 0.438. The topological polar surface area (TPSA) is 88.8 Å². The minimum atomic E-state index is -1.04. The van der Waals surface area contributed by atoms with E-state index >= 15 is 0 Å². The number of aromatic nitrogens is 2. The van der Waals surface area contributed by atoms with Gasteiger partial charge in [0.15, 0.2) is 5.83 Å². The minimum Gasteiger partial charge on any atom is -0.462 e. The number of likely N-dealkylation sites (N-methyl/N-ethyl adjacent to an activating group) is 1. The van der Waals surface area contributed by atoms with Gasteiger partial charge in [0.2, 0.25) is 0 Å². The summed E-state index contributed by atoms with van der Waals surface area (Å²) in [5, 5.41) is 11.0. The van der Waals surface area contributed by atoms with E-state index in [-0.39, 0.29) is 24.0 Å². The largest absolute Gasteiger partial charge is 0.462 e. The van der Waals surface area contributed by atoms with Gasteiger partial charge in [0.25, 0.3) is 5.91 Å². The normalized spacial score (nSPS) is 16.7. The maximum Gasteiger partial charge on any atom is 0.318 e. The smallest absolute Gasteiger partial charge is 0.318 e. The molecule has 1 atom stereocenters. The lowest BCUT2D eigenvalue weighted by molar-refractivity contribution is -0.131. The Hall–Kier alpha value is -4.01. The molecular weight excluding hydrogens is 588 g/mol. The summed E-state index contributed by atoms with van der Waals surface area (Å²) in [6.07, 6.45) is 0.638. The number of carbonyl (C=O) groups excluding carboxylic acids is 1. The summed E-state index contributed by atoms with van der Waals surface area (Å²) in [6, 6.07) is 10.7. The molecule has 1 amide bonds. The van der Waals surface area contributed by atoms with Crippen LogP contribution in [-0.4, -0.2) is 84.1 Å². The number of benzene rings is 2. The van der Waals surface area contributed by atoms with E-state index in [0.29, 0.717) is 57.0 Å². The third kappa shape index (κ3) is 6.42. The number of nitrogens with zero attached hydrogens (tertiary/aromatic N) is 7. The van der Waals surface area contributed by atoms with E-state index in [1.807, 2.05) is 23.1 Å². The molecule has 0 N–H and O–H groups in total. The van der Waals surface area contributed by atoms with Gasteiger partial charge in [0.1, 0.15) is 18.2 Å². The van der Waals surface area contributed by atoms with Crippen molar-refractivity contribution in [2.24, 2.45) is 0 Å². The van der Waals surface area contributed by atoms with E-state index in [1.165, 1.54) is 11.0 Å². The van der Waals surface area contributed by atoms with Crippen LogP contribution in [0.1, 0.15) is 31.5 Å². The van der Waals surface area contributed by atoms with Gasteiger partial charge in [-0.3, -0.25) is 4.79 Å². The van der Waals surface area contributed by atoms with Crippen molar-refractivity contribution >= 4 is 39.8 Å². The molecule has 3 heterocycles.